The molecule has 0 aliphatic carbocycles. The topological polar surface area (TPSA) is 136 Å². The van der Waals surface area contributed by atoms with Crippen molar-refractivity contribution in [1.82, 2.24) is 29.8 Å². The number of fused-ring (bicyclic) bond motifs is 1. The lowest BCUT2D eigenvalue weighted by Crippen LogP contribution is -2.57. The zero-order valence-corrected chi connectivity index (χ0v) is 27.3. The zero-order chi connectivity index (χ0) is 33.5. The van der Waals surface area contributed by atoms with Crippen LogP contribution in [-0.4, -0.2) is 72.4 Å². The van der Waals surface area contributed by atoms with Crippen molar-refractivity contribution in [2.24, 2.45) is 0 Å². The molecule has 0 saturated carbocycles. The number of carbonyl (C=O) groups is 1. The molecule has 4 heterocycles. The van der Waals surface area contributed by atoms with Crippen LogP contribution in [0.15, 0.2) is 72.9 Å². The fraction of sp³-hybridized carbons (Fsp3) is 0.281. The first-order chi connectivity index (χ1) is 23.2. The maximum absolute atomic E-state index is 14.4. The van der Waals surface area contributed by atoms with Crippen molar-refractivity contribution < 1.29 is 33.2 Å². The summed E-state index contributed by atoms with van der Waals surface area (Å²) in [7, 11) is 0. The number of aliphatic carboxylic acids is 1. The van der Waals surface area contributed by atoms with E-state index in [1.807, 2.05) is 30.3 Å². The van der Waals surface area contributed by atoms with E-state index in [1.165, 1.54) is 21.5 Å². The minimum absolute atomic E-state index is 0.0369. The zero-order valence-electron chi connectivity index (χ0n) is 25.0. The van der Waals surface area contributed by atoms with Crippen molar-refractivity contribution in [3.05, 3.63) is 111 Å². The Morgan fingerprint density at radius 3 is 2.62 bits per heavy atom. The quantitative estimate of drug-likeness (QED) is 0.198. The highest BCUT2D eigenvalue weighted by Crippen LogP contribution is 2.45. The molecule has 3 aromatic carbocycles. The maximum atomic E-state index is 14.4. The van der Waals surface area contributed by atoms with Crippen LogP contribution in [0.1, 0.15) is 35.6 Å². The Hall–Kier alpha value is -3.95. The third kappa shape index (κ3) is 6.42. The molecule has 2 fully saturated rings. The Morgan fingerprint density at radius 1 is 1.06 bits per heavy atom. The number of aryl methyl sites for hydroxylation is 1. The molecule has 2 aromatic heterocycles. The average Bonchev–Trinajstić information content (AvgIpc) is 3.72. The van der Waals surface area contributed by atoms with Gasteiger partial charge < -0.3 is 24.1 Å². The van der Waals surface area contributed by atoms with E-state index in [0.717, 1.165) is 5.56 Å². The molecule has 2 aliphatic rings. The molecular weight excluding hydrogens is 690 g/mol. The third-order valence-corrected chi connectivity index (χ3v) is 8.84. The van der Waals surface area contributed by atoms with Crippen LogP contribution in [0.5, 0.6) is 0 Å². The smallest absolute Gasteiger partial charge is 0.329 e. The Kier molecular flexibility index (Phi) is 9.18. The molecule has 248 valence electrons. The molecule has 2 aliphatic heterocycles. The predicted octanol–water partition coefficient (Wildman–Crippen LogP) is 6.20. The van der Waals surface area contributed by atoms with Gasteiger partial charge >= 0.3 is 5.97 Å². The van der Waals surface area contributed by atoms with E-state index in [2.05, 4.69) is 20.4 Å². The van der Waals surface area contributed by atoms with Gasteiger partial charge in [0.25, 0.3) is 0 Å². The van der Waals surface area contributed by atoms with Gasteiger partial charge in [0.05, 0.1) is 28.5 Å². The second-order valence-electron chi connectivity index (χ2n) is 11.2. The van der Waals surface area contributed by atoms with Gasteiger partial charge in [-0.15, -0.1) is 5.10 Å². The number of benzene rings is 3. The minimum Gasteiger partial charge on any atom is -0.480 e. The van der Waals surface area contributed by atoms with Gasteiger partial charge in [-0.25, -0.2) is 23.5 Å². The average molecular weight is 716 g/mol. The Morgan fingerprint density at radius 2 is 1.85 bits per heavy atom. The summed E-state index contributed by atoms with van der Waals surface area (Å²) in [6.45, 7) is 1.10. The molecule has 0 bridgehead atoms. The second kappa shape index (κ2) is 13.5. The standard InChI is InChI=1S/C32H26Cl3FN6O6/c1-16-37-31(42(39-16)24-12-19(33)8-10-21(24)35)30-29(45-15-26(43)44)27(41-13-23(38-40-41)18-7-9-20(34)22(36)11-18)28-25(47-30)14-46-32(48-28)17-5-3-2-4-6-17/h2-13,25,27-30,32H,14-15H2,1H3,(H,43,44). The lowest BCUT2D eigenvalue weighted by molar-refractivity contribution is -0.322. The highest BCUT2D eigenvalue weighted by Gasteiger charge is 2.54. The molecule has 7 rings (SSSR count). The normalized spacial score (nSPS) is 23.9. The van der Waals surface area contributed by atoms with Gasteiger partial charge in [-0.05, 0) is 37.3 Å². The van der Waals surface area contributed by atoms with Gasteiger partial charge in [0.15, 0.2) is 12.1 Å². The van der Waals surface area contributed by atoms with Crippen LogP contribution in [0.4, 0.5) is 4.39 Å². The molecule has 0 radical (unpaired) electrons. The first-order valence-electron chi connectivity index (χ1n) is 14.7. The summed E-state index contributed by atoms with van der Waals surface area (Å²) in [6, 6.07) is 17.7. The van der Waals surface area contributed by atoms with Crippen molar-refractivity contribution in [3.8, 4) is 16.9 Å². The monoisotopic (exact) mass is 714 g/mol. The first-order valence-corrected chi connectivity index (χ1v) is 15.9. The fourth-order valence-electron chi connectivity index (χ4n) is 5.89. The second-order valence-corrected chi connectivity index (χ2v) is 12.4. The van der Waals surface area contributed by atoms with E-state index in [1.54, 1.807) is 37.4 Å². The van der Waals surface area contributed by atoms with Gasteiger partial charge in [0.1, 0.15) is 54.4 Å². The number of ether oxygens (including phenoxy) is 4. The number of aromatic nitrogens is 6. The summed E-state index contributed by atoms with van der Waals surface area (Å²) in [5.41, 5.74) is 1.94. The summed E-state index contributed by atoms with van der Waals surface area (Å²) in [4.78, 5) is 16.6. The van der Waals surface area contributed by atoms with Gasteiger partial charge in [0.2, 0.25) is 0 Å². The van der Waals surface area contributed by atoms with Crippen LogP contribution in [0, 0.1) is 12.7 Å². The molecule has 48 heavy (non-hydrogen) atoms. The van der Waals surface area contributed by atoms with Crippen molar-refractivity contribution >= 4 is 40.8 Å². The fourth-order valence-corrected chi connectivity index (χ4v) is 6.38. The summed E-state index contributed by atoms with van der Waals surface area (Å²) in [5, 5.41) is 23.7. The van der Waals surface area contributed by atoms with E-state index in [9.17, 15) is 14.3 Å². The maximum Gasteiger partial charge on any atom is 0.329 e. The number of nitrogens with zero attached hydrogens (tertiary/aromatic N) is 6. The number of hydrogen-bond acceptors (Lipinski definition) is 9. The van der Waals surface area contributed by atoms with Gasteiger partial charge in [-0.2, -0.15) is 5.10 Å². The van der Waals surface area contributed by atoms with E-state index in [4.69, 9.17) is 53.8 Å². The van der Waals surface area contributed by atoms with Crippen molar-refractivity contribution in [3.63, 3.8) is 0 Å². The summed E-state index contributed by atoms with van der Waals surface area (Å²) in [6.07, 6.45) is -2.82. The molecular formula is C32H26Cl3FN6O6. The molecule has 0 spiro atoms. The highest BCUT2D eigenvalue weighted by atomic mass is 35.5. The number of halogens is 4. The SMILES string of the molecule is Cc1nc(C2OC3COC(c4ccccc4)OC3C(n3cc(-c4ccc(Cl)c(F)c4)nn3)C2OCC(=O)O)n(-c2cc(Cl)ccc2Cl)n1. The van der Waals surface area contributed by atoms with E-state index >= 15 is 0 Å². The molecule has 5 aromatic rings. The van der Waals surface area contributed by atoms with Crippen LogP contribution < -0.4 is 0 Å². The minimum atomic E-state index is -1.21. The van der Waals surface area contributed by atoms with Crippen LogP contribution >= 0.6 is 34.8 Å². The number of carboxylic acids is 1. The molecule has 6 atom stereocenters. The van der Waals surface area contributed by atoms with Crippen LogP contribution in [0.2, 0.25) is 15.1 Å². The largest absolute Gasteiger partial charge is 0.480 e. The molecule has 16 heteroatoms. The molecule has 12 nitrogen and oxygen atoms in total. The summed E-state index contributed by atoms with van der Waals surface area (Å²) >= 11 is 18.8. The van der Waals surface area contributed by atoms with Crippen molar-refractivity contribution in [2.75, 3.05) is 13.2 Å². The summed E-state index contributed by atoms with van der Waals surface area (Å²) in [5.74, 6) is -1.18. The third-order valence-electron chi connectivity index (χ3n) is 7.98. The van der Waals surface area contributed by atoms with E-state index < -0.39 is 55.1 Å². The number of hydrogen-bond donors (Lipinski definition) is 1. The van der Waals surface area contributed by atoms with Gasteiger partial charge in [-0.1, -0.05) is 76.4 Å². The lowest BCUT2D eigenvalue weighted by atomic mass is 9.90. The van der Waals surface area contributed by atoms with Crippen molar-refractivity contribution in [1.29, 1.82) is 0 Å². The van der Waals surface area contributed by atoms with Crippen molar-refractivity contribution in [2.45, 2.75) is 43.7 Å². The number of carboxylic acid groups (broad SMARTS) is 1. The Bertz CT molecular complexity index is 1960. The molecule has 6 unspecified atom stereocenters. The summed E-state index contributed by atoms with van der Waals surface area (Å²) < 4.78 is 42.8. The lowest BCUT2D eigenvalue weighted by Gasteiger charge is -2.48. The molecule has 0 amide bonds. The van der Waals surface area contributed by atoms with E-state index in [-0.39, 0.29) is 17.5 Å². The predicted molar refractivity (Wildman–Crippen MR) is 171 cm³/mol. The van der Waals surface area contributed by atoms with Crippen LogP contribution in [0.25, 0.3) is 16.9 Å². The van der Waals surface area contributed by atoms with E-state index in [0.29, 0.717) is 32.8 Å². The highest BCUT2D eigenvalue weighted by molar-refractivity contribution is 6.34. The van der Waals surface area contributed by atoms with Crippen LogP contribution in [0.3, 0.4) is 0 Å². The first kappa shape index (κ1) is 32.6. The molecule has 2 saturated heterocycles. The van der Waals surface area contributed by atoms with Gasteiger partial charge in [0, 0.05) is 16.1 Å². The Balaban J connectivity index is 1.35. The Labute approximate surface area is 287 Å². The number of rotatable bonds is 8. The molecule has 1 N–H and O–H groups in total. The van der Waals surface area contributed by atoms with Crippen LogP contribution in [-0.2, 0) is 23.7 Å². The van der Waals surface area contributed by atoms with Gasteiger partial charge in [-0.3, -0.25) is 0 Å².